The molecule has 0 spiro atoms. The fraction of sp³-hybridized carbons (Fsp3) is 0.500. The second-order valence-electron chi connectivity index (χ2n) is 12.2. The van der Waals surface area contributed by atoms with E-state index in [2.05, 4.69) is 15.3 Å². The molecule has 1 aliphatic carbocycles. The Morgan fingerprint density at radius 3 is 2.40 bits per heavy atom. The first-order valence-corrected chi connectivity index (χ1v) is 16.0. The number of benzene rings is 1. The Morgan fingerprint density at radius 2 is 1.82 bits per heavy atom. The van der Waals surface area contributed by atoms with Crippen molar-refractivity contribution in [2.24, 2.45) is 0 Å². The van der Waals surface area contributed by atoms with Gasteiger partial charge in [-0.05, 0) is 87.7 Å². The molecule has 242 valence electrons. The SMILES string of the molecule is CCc1c(N2CCN(C(=O)OC(C)(C)C)[C@H]3CC[C@@H]32)c(=O)c2nc(I)c(C)nc2n1CC(=O)Nc1ccc(C(F)(F)F)cc1Cl. The van der Waals surface area contributed by atoms with Gasteiger partial charge in [-0.25, -0.2) is 14.8 Å². The molecule has 1 aromatic carbocycles. The number of aromatic nitrogens is 3. The van der Waals surface area contributed by atoms with Crippen LogP contribution in [0.25, 0.3) is 11.2 Å². The monoisotopic (exact) mass is 760 g/mol. The van der Waals surface area contributed by atoms with Crippen molar-refractivity contribution in [2.75, 3.05) is 23.3 Å². The number of anilines is 2. The van der Waals surface area contributed by atoms with Gasteiger partial charge in [0.2, 0.25) is 11.3 Å². The quantitative estimate of drug-likeness (QED) is 0.310. The zero-order valence-electron chi connectivity index (χ0n) is 25.4. The van der Waals surface area contributed by atoms with E-state index >= 15 is 0 Å². The highest BCUT2D eigenvalue weighted by Gasteiger charge is 2.47. The van der Waals surface area contributed by atoms with Crippen molar-refractivity contribution in [3.05, 3.63) is 54.1 Å². The zero-order valence-corrected chi connectivity index (χ0v) is 28.3. The van der Waals surface area contributed by atoms with Gasteiger partial charge < -0.3 is 24.4 Å². The van der Waals surface area contributed by atoms with Crippen LogP contribution in [0.15, 0.2) is 23.0 Å². The smallest absolute Gasteiger partial charge is 0.416 e. The molecule has 3 aromatic rings. The molecule has 10 nitrogen and oxygen atoms in total. The number of rotatable bonds is 5. The summed E-state index contributed by atoms with van der Waals surface area (Å²) in [5.41, 5.74) is -0.0121. The number of hydrogen-bond donors (Lipinski definition) is 1. The van der Waals surface area contributed by atoms with E-state index in [9.17, 15) is 27.6 Å². The Labute approximate surface area is 276 Å². The molecule has 0 radical (unpaired) electrons. The van der Waals surface area contributed by atoms with Crippen molar-refractivity contribution in [2.45, 2.75) is 84.3 Å². The minimum Gasteiger partial charge on any atom is -0.444 e. The lowest BCUT2D eigenvalue weighted by Crippen LogP contribution is -2.67. The van der Waals surface area contributed by atoms with Crippen LogP contribution in [-0.4, -0.2) is 62.2 Å². The number of nitrogens with one attached hydrogen (secondary N) is 1. The van der Waals surface area contributed by atoms with Gasteiger partial charge in [-0.2, -0.15) is 13.2 Å². The molecule has 0 bridgehead atoms. The van der Waals surface area contributed by atoms with E-state index < -0.39 is 29.3 Å². The minimum atomic E-state index is -4.58. The van der Waals surface area contributed by atoms with Crippen LogP contribution in [0.1, 0.15) is 57.5 Å². The lowest BCUT2D eigenvalue weighted by Gasteiger charge is -2.54. The predicted octanol–water partition coefficient (Wildman–Crippen LogP) is 6.17. The molecule has 2 aromatic heterocycles. The molecular weight excluding hydrogens is 728 g/mol. The highest BCUT2D eigenvalue weighted by atomic mass is 127. The maximum absolute atomic E-state index is 14.2. The molecule has 2 aliphatic rings. The summed E-state index contributed by atoms with van der Waals surface area (Å²) in [6, 6.07) is 2.42. The summed E-state index contributed by atoms with van der Waals surface area (Å²) < 4.78 is 47.2. The van der Waals surface area contributed by atoms with Crippen molar-refractivity contribution in [3.8, 4) is 0 Å². The standard InChI is InChI=1S/C30H33ClF3IN6O4/c1-6-19-24(39-11-12-40(21-10-9-20(21)39)28(44)45-29(3,4)5)25(43)23-27(36-15(2)26(35)38-23)41(19)14-22(42)37-18-8-7-16(13-17(18)31)30(32,33)34/h7-8,13,20-21H,6,9-12,14H2,1-5H3,(H,37,42)/t20-,21-/m0/s1. The number of hydrogen-bond acceptors (Lipinski definition) is 7. The van der Waals surface area contributed by atoms with E-state index in [0.717, 1.165) is 31.0 Å². The number of pyridine rings is 1. The van der Waals surface area contributed by atoms with Crippen LogP contribution in [0, 0.1) is 10.6 Å². The van der Waals surface area contributed by atoms with Crippen molar-refractivity contribution in [1.82, 2.24) is 19.4 Å². The van der Waals surface area contributed by atoms with E-state index in [1.54, 1.807) is 16.4 Å². The molecular formula is C30H33ClF3IN6O4. The van der Waals surface area contributed by atoms with E-state index in [4.69, 9.17) is 16.3 Å². The van der Waals surface area contributed by atoms with Crippen LogP contribution in [-0.2, 0) is 28.7 Å². The number of aryl methyl sites for hydroxylation is 1. The van der Waals surface area contributed by atoms with Gasteiger partial charge >= 0.3 is 12.3 Å². The van der Waals surface area contributed by atoms with Crippen molar-refractivity contribution >= 4 is 68.7 Å². The van der Waals surface area contributed by atoms with Gasteiger partial charge in [0.1, 0.15) is 21.5 Å². The number of halogens is 5. The van der Waals surface area contributed by atoms with Gasteiger partial charge in [0.15, 0.2) is 11.2 Å². The molecule has 45 heavy (non-hydrogen) atoms. The van der Waals surface area contributed by atoms with E-state index in [-0.39, 0.29) is 45.9 Å². The molecule has 1 saturated carbocycles. The lowest BCUT2D eigenvalue weighted by molar-refractivity contribution is -0.137. The fourth-order valence-electron chi connectivity index (χ4n) is 5.84. The Morgan fingerprint density at radius 1 is 1.13 bits per heavy atom. The molecule has 2 amide bonds. The molecule has 5 rings (SSSR count). The summed E-state index contributed by atoms with van der Waals surface area (Å²) >= 11 is 8.11. The van der Waals surface area contributed by atoms with E-state index in [1.807, 2.05) is 55.2 Å². The maximum Gasteiger partial charge on any atom is 0.416 e. The van der Waals surface area contributed by atoms with Crippen molar-refractivity contribution in [3.63, 3.8) is 0 Å². The summed E-state index contributed by atoms with van der Waals surface area (Å²) in [5, 5.41) is 2.34. The third kappa shape index (κ3) is 6.58. The highest BCUT2D eigenvalue weighted by molar-refractivity contribution is 14.1. The first kappa shape index (κ1) is 33.2. The topological polar surface area (TPSA) is 110 Å². The molecule has 3 heterocycles. The van der Waals surface area contributed by atoms with Crippen LogP contribution >= 0.6 is 34.2 Å². The summed E-state index contributed by atoms with van der Waals surface area (Å²) in [6.45, 7) is 9.49. The van der Waals surface area contributed by atoms with Gasteiger partial charge in [0, 0.05) is 24.8 Å². The maximum atomic E-state index is 14.2. The van der Waals surface area contributed by atoms with Crippen molar-refractivity contribution in [1.29, 1.82) is 0 Å². The zero-order chi connectivity index (χ0) is 33.0. The fourth-order valence-corrected chi connectivity index (χ4v) is 6.43. The summed E-state index contributed by atoms with van der Waals surface area (Å²) in [5.74, 6) is -0.573. The third-order valence-corrected chi connectivity index (χ3v) is 9.32. The van der Waals surface area contributed by atoms with E-state index in [0.29, 0.717) is 40.3 Å². The van der Waals surface area contributed by atoms with Crippen LogP contribution in [0.4, 0.5) is 29.3 Å². The molecule has 1 N–H and O–H groups in total. The second-order valence-corrected chi connectivity index (χ2v) is 13.6. The minimum absolute atomic E-state index is 0.0191. The summed E-state index contributed by atoms with van der Waals surface area (Å²) in [4.78, 5) is 53.5. The number of nitrogens with zero attached hydrogens (tertiary/aromatic N) is 5. The van der Waals surface area contributed by atoms with Crippen LogP contribution in [0.5, 0.6) is 0 Å². The number of alkyl halides is 3. The van der Waals surface area contributed by atoms with Crippen molar-refractivity contribution < 1.29 is 27.5 Å². The third-order valence-electron chi connectivity index (χ3n) is 7.99. The molecule has 2 atom stereocenters. The second kappa shape index (κ2) is 12.2. The van der Waals surface area contributed by atoms with Crippen LogP contribution < -0.4 is 15.6 Å². The summed E-state index contributed by atoms with van der Waals surface area (Å²) in [6.07, 6.45) is -3.09. The van der Waals surface area contributed by atoms with Crippen LogP contribution in [0.3, 0.4) is 0 Å². The van der Waals surface area contributed by atoms with Gasteiger partial charge in [0.05, 0.1) is 28.0 Å². The van der Waals surface area contributed by atoms with Crippen LogP contribution in [0.2, 0.25) is 5.02 Å². The molecule has 2 fully saturated rings. The summed E-state index contributed by atoms with van der Waals surface area (Å²) in [7, 11) is 0. The lowest BCUT2D eigenvalue weighted by atomic mass is 9.81. The highest BCUT2D eigenvalue weighted by Crippen LogP contribution is 2.38. The number of fused-ring (bicyclic) bond motifs is 2. The predicted molar refractivity (Wildman–Crippen MR) is 173 cm³/mol. The first-order chi connectivity index (χ1) is 21.0. The van der Waals surface area contributed by atoms with Gasteiger partial charge in [-0.3, -0.25) is 9.59 Å². The van der Waals surface area contributed by atoms with Gasteiger partial charge in [0.25, 0.3) is 0 Å². The average molecular weight is 761 g/mol. The van der Waals surface area contributed by atoms with E-state index in [1.165, 1.54) is 0 Å². The Bertz CT molecular complexity index is 1740. The molecule has 15 heteroatoms. The largest absolute Gasteiger partial charge is 0.444 e. The first-order valence-electron chi connectivity index (χ1n) is 14.5. The molecule has 1 saturated heterocycles. The number of amides is 2. The Kier molecular flexibility index (Phi) is 9.03. The van der Waals surface area contributed by atoms with Gasteiger partial charge in [-0.15, -0.1) is 0 Å². The molecule has 1 aliphatic heterocycles. The number of carbonyl (C=O) groups is 2. The molecule has 0 unspecified atom stereocenters. The number of carbonyl (C=O) groups excluding carboxylic acids is 2. The number of piperazine rings is 1. The normalized spacial score (nSPS) is 18.4. The number of ether oxygens (including phenoxy) is 1. The van der Waals surface area contributed by atoms with Gasteiger partial charge in [-0.1, -0.05) is 18.5 Å². The Hall–Kier alpha value is -3.14. The average Bonchev–Trinajstić information content (AvgIpc) is 2.91. The Balaban J connectivity index is 1.54.